The van der Waals surface area contributed by atoms with E-state index >= 15 is 0 Å². The van der Waals surface area contributed by atoms with Crippen molar-refractivity contribution in [2.75, 3.05) is 18.6 Å². The van der Waals surface area contributed by atoms with E-state index in [-0.39, 0.29) is 39.0 Å². The number of halogens is 2. The van der Waals surface area contributed by atoms with Crippen LogP contribution >= 0.6 is 23.2 Å². The molecule has 3 rings (SSSR count). The molecule has 168 valence electrons. The number of ether oxygens (including phenoxy) is 2. The lowest BCUT2D eigenvalue weighted by atomic mass is 10.2. The molecule has 0 spiro atoms. The van der Waals surface area contributed by atoms with Crippen LogP contribution in [0.5, 0.6) is 23.0 Å². The van der Waals surface area contributed by atoms with Gasteiger partial charge >= 0.3 is 0 Å². The normalized spacial score (nSPS) is 11.4. The second kappa shape index (κ2) is 10.7. The fourth-order valence-corrected chi connectivity index (χ4v) is 2.99. The van der Waals surface area contributed by atoms with E-state index < -0.39 is 0 Å². The Hall–Kier alpha value is -3.50. The summed E-state index contributed by atoms with van der Waals surface area (Å²) in [5, 5.41) is 36.2. The minimum Gasteiger partial charge on any atom is -0.503 e. The number of nitrogens with one attached hydrogen (secondary N) is 1. The lowest BCUT2D eigenvalue weighted by Gasteiger charge is -2.08. The highest BCUT2D eigenvalue weighted by atomic mass is 35.5. The molecule has 0 bridgehead atoms. The van der Waals surface area contributed by atoms with Crippen molar-refractivity contribution in [2.45, 2.75) is 13.8 Å². The number of hydrazone groups is 1. The summed E-state index contributed by atoms with van der Waals surface area (Å²) in [7, 11) is 0. The number of hydrogen-bond acceptors (Lipinski definition) is 9. The molecule has 2 aromatic carbocycles. The van der Waals surface area contributed by atoms with Crippen molar-refractivity contribution in [3.8, 4) is 23.0 Å². The van der Waals surface area contributed by atoms with Crippen LogP contribution < -0.4 is 14.9 Å². The maximum atomic E-state index is 9.94. The third-order valence-electron chi connectivity index (χ3n) is 3.94. The summed E-state index contributed by atoms with van der Waals surface area (Å²) in [6.07, 6.45) is 4.36. The van der Waals surface area contributed by atoms with Gasteiger partial charge in [0.05, 0.1) is 35.7 Å². The van der Waals surface area contributed by atoms with Crippen molar-refractivity contribution in [3.05, 3.63) is 51.8 Å². The average Bonchev–Trinajstić information content (AvgIpc) is 3.21. The summed E-state index contributed by atoms with van der Waals surface area (Å²) in [6, 6.07) is 6.29. The second-order valence-corrected chi connectivity index (χ2v) is 6.99. The molecule has 10 nitrogen and oxygen atoms in total. The van der Waals surface area contributed by atoms with Crippen LogP contribution in [0.4, 0.5) is 5.95 Å². The smallest absolute Gasteiger partial charge is 0.265 e. The van der Waals surface area contributed by atoms with Gasteiger partial charge in [-0.3, -0.25) is 0 Å². The predicted octanol–water partition coefficient (Wildman–Crippen LogP) is 4.12. The van der Waals surface area contributed by atoms with Crippen LogP contribution in [0.1, 0.15) is 25.0 Å². The molecule has 32 heavy (non-hydrogen) atoms. The molecule has 1 heterocycles. The number of phenolic OH excluding ortho intramolecular Hbond substituents is 2. The van der Waals surface area contributed by atoms with E-state index in [1.165, 1.54) is 29.5 Å². The molecular formula is C20H20Cl2N6O4. The monoisotopic (exact) mass is 478 g/mol. The number of benzene rings is 2. The summed E-state index contributed by atoms with van der Waals surface area (Å²) in [4.78, 5) is 0. The lowest BCUT2D eigenvalue weighted by Crippen LogP contribution is -2.00. The van der Waals surface area contributed by atoms with Gasteiger partial charge in [0.2, 0.25) is 0 Å². The quantitative estimate of drug-likeness (QED) is 0.311. The molecule has 0 unspecified atom stereocenters. The molecule has 0 saturated heterocycles. The lowest BCUT2D eigenvalue weighted by molar-refractivity contribution is 0.318. The zero-order valence-electron chi connectivity index (χ0n) is 17.2. The van der Waals surface area contributed by atoms with Crippen LogP contribution in [0.25, 0.3) is 0 Å². The van der Waals surface area contributed by atoms with Crippen molar-refractivity contribution >= 4 is 41.6 Å². The molecule has 3 aromatic rings. The van der Waals surface area contributed by atoms with Gasteiger partial charge in [-0.25, -0.2) is 5.43 Å². The molecule has 0 aliphatic heterocycles. The molecule has 0 atom stereocenters. The Morgan fingerprint density at radius 2 is 1.53 bits per heavy atom. The van der Waals surface area contributed by atoms with Gasteiger partial charge in [-0.2, -0.15) is 14.9 Å². The molecule has 12 heteroatoms. The maximum Gasteiger partial charge on any atom is 0.265 e. The number of aromatic hydroxyl groups is 2. The first kappa shape index (κ1) is 23.2. The zero-order valence-corrected chi connectivity index (χ0v) is 18.7. The van der Waals surface area contributed by atoms with E-state index in [0.717, 1.165) is 0 Å². The Kier molecular flexibility index (Phi) is 7.74. The van der Waals surface area contributed by atoms with Crippen molar-refractivity contribution < 1.29 is 19.7 Å². The van der Waals surface area contributed by atoms with Crippen molar-refractivity contribution in [2.24, 2.45) is 10.2 Å². The molecular weight excluding hydrogens is 459 g/mol. The third kappa shape index (κ3) is 5.59. The van der Waals surface area contributed by atoms with E-state index in [1.807, 2.05) is 0 Å². The van der Waals surface area contributed by atoms with Crippen LogP contribution in [-0.2, 0) is 0 Å². The van der Waals surface area contributed by atoms with Gasteiger partial charge in [-0.15, -0.1) is 10.2 Å². The van der Waals surface area contributed by atoms with Crippen molar-refractivity contribution in [1.82, 2.24) is 14.9 Å². The van der Waals surface area contributed by atoms with Crippen LogP contribution in [0.3, 0.4) is 0 Å². The number of aromatic nitrogens is 3. The second-order valence-electron chi connectivity index (χ2n) is 6.18. The average molecular weight is 479 g/mol. The van der Waals surface area contributed by atoms with Crippen LogP contribution in [-0.4, -0.2) is 50.7 Å². The molecule has 0 aliphatic carbocycles. The topological polar surface area (TPSA) is 126 Å². The fourth-order valence-electron chi connectivity index (χ4n) is 2.55. The molecule has 0 fully saturated rings. The van der Waals surface area contributed by atoms with Gasteiger partial charge in [-0.05, 0) is 49.2 Å². The Morgan fingerprint density at radius 1 is 0.969 bits per heavy atom. The Bertz CT molecular complexity index is 1150. The first-order valence-electron chi connectivity index (χ1n) is 9.47. The van der Waals surface area contributed by atoms with Crippen LogP contribution in [0, 0.1) is 0 Å². The fraction of sp³-hybridized carbons (Fsp3) is 0.200. The standard InChI is InChI=1S/C20H20Cl2N6O4/c1-3-31-16-7-12(5-14(21)18(16)29)9-23-26-20-27-24-11-28(20)25-10-13-6-15(22)19(30)17(8-13)32-4-2/h5-11,29-30H,3-4H2,1-2H3,(H,26,27)/b23-9+,25-10+. The van der Waals surface area contributed by atoms with E-state index in [9.17, 15) is 10.2 Å². The molecule has 1 aromatic heterocycles. The Balaban J connectivity index is 1.74. The first-order chi connectivity index (χ1) is 15.4. The van der Waals surface area contributed by atoms with Gasteiger partial charge in [-0.1, -0.05) is 23.2 Å². The number of nitrogens with zero attached hydrogens (tertiary/aromatic N) is 5. The summed E-state index contributed by atoms with van der Waals surface area (Å²) >= 11 is 12.1. The van der Waals surface area contributed by atoms with E-state index in [2.05, 4.69) is 25.8 Å². The van der Waals surface area contributed by atoms with Gasteiger partial charge in [0.25, 0.3) is 5.95 Å². The maximum absolute atomic E-state index is 9.94. The predicted molar refractivity (Wildman–Crippen MR) is 123 cm³/mol. The first-order valence-corrected chi connectivity index (χ1v) is 10.2. The van der Waals surface area contributed by atoms with E-state index in [4.69, 9.17) is 32.7 Å². The minimum atomic E-state index is -0.131. The molecule has 0 saturated carbocycles. The van der Waals surface area contributed by atoms with Crippen LogP contribution in [0.2, 0.25) is 10.0 Å². The van der Waals surface area contributed by atoms with Crippen molar-refractivity contribution in [1.29, 1.82) is 0 Å². The highest BCUT2D eigenvalue weighted by Gasteiger charge is 2.10. The highest BCUT2D eigenvalue weighted by Crippen LogP contribution is 2.35. The van der Waals surface area contributed by atoms with Gasteiger partial charge in [0.15, 0.2) is 23.0 Å². The molecule has 0 aliphatic rings. The summed E-state index contributed by atoms with van der Waals surface area (Å²) in [5.74, 6) is 0.491. The minimum absolute atomic E-state index is 0.130. The molecule has 3 N–H and O–H groups in total. The third-order valence-corrected chi connectivity index (χ3v) is 4.52. The largest absolute Gasteiger partial charge is 0.503 e. The Labute approximate surface area is 193 Å². The number of anilines is 1. The van der Waals surface area contributed by atoms with E-state index in [1.54, 1.807) is 32.0 Å². The summed E-state index contributed by atoms with van der Waals surface area (Å²) < 4.78 is 12.1. The van der Waals surface area contributed by atoms with E-state index in [0.29, 0.717) is 24.3 Å². The van der Waals surface area contributed by atoms with Gasteiger partial charge < -0.3 is 19.7 Å². The van der Waals surface area contributed by atoms with Gasteiger partial charge in [0, 0.05) is 0 Å². The SMILES string of the molecule is CCOc1cc(/C=N/Nc2nncn2/N=C/c2cc(Cl)c(O)c(OCC)c2)cc(Cl)c1O. The molecule has 0 radical (unpaired) electrons. The van der Waals surface area contributed by atoms with Gasteiger partial charge in [0.1, 0.15) is 6.33 Å². The number of phenols is 2. The highest BCUT2D eigenvalue weighted by molar-refractivity contribution is 6.32. The number of hydrogen-bond donors (Lipinski definition) is 3. The number of rotatable bonds is 9. The van der Waals surface area contributed by atoms with Crippen molar-refractivity contribution in [3.63, 3.8) is 0 Å². The summed E-state index contributed by atoms with van der Waals surface area (Å²) in [5.41, 5.74) is 3.92. The Morgan fingerprint density at radius 3 is 2.09 bits per heavy atom. The summed E-state index contributed by atoms with van der Waals surface area (Å²) in [6.45, 7) is 4.35. The molecule has 0 amide bonds. The van der Waals surface area contributed by atoms with Crippen LogP contribution in [0.15, 0.2) is 40.8 Å². The zero-order chi connectivity index (χ0) is 23.1.